The normalized spacial score (nSPS) is 15.1. The van der Waals surface area contributed by atoms with E-state index >= 15 is 0 Å². The molecule has 1 aliphatic heterocycles. The van der Waals surface area contributed by atoms with E-state index in [4.69, 9.17) is 14.9 Å². The first kappa shape index (κ1) is 28.1. The largest absolute Gasteiger partial charge is 0.494 e. The molecule has 3 N–H and O–H groups in total. The average Bonchev–Trinajstić information content (AvgIpc) is 3.43. The zero-order valence-corrected chi connectivity index (χ0v) is 22.4. The van der Waals surface area contributed by atoms with E-state index in [1.165, 1.54) is 19.2 Å². The number of likely N-dealkylation sites (tertiary alicyclic amines) is 1. The Kier molecular flexibility index (Phi) is 7.43. The molecular weight excluding hydrogens is 539 g/mol. The van der Waals surface area contributed by atoms with Gasteiger partial charge in [0, 0.05) is 31.1 Å². The summed E-state index contributed by atoms with van der Waals surface area (Å²) in [5.74, 6) is -0.225. The number of nitrogens with one attached hydrogen (secondary N) is 1. The van der Waals surface area contributed by atoms with Crippen LogP contribution in [0.3, 0.4) is 0 Å². The number of nitrogens with two attached hydrogens (primary N) is 1. The number of carbonyl (C=O) groups is 2. The number of likely N-dealkylation sites (N-methyl/N-ethyl adjacent to an activating group) is 1. The van der Waals surface area contributed by atoms with Crippen LogP contribution in [-0.2, 0) is 22.9 Å². The number of hydrogen-bond donors (Lipinski definition) is 2. The van der Waals surface area contributed by atoms with E-state index in [0.717, 1.165) is 11.6 Å². The molecule has 0 unspecified atom stereocenters. The monoisotopic (exact) mass is 567 g/mol. The third-order valence-electron chi connectivity index (χ3n) is 7.54. The molecule has 214 valence electrons. The molecule has 1 saturated heterocycles. The van der Waals surface area contributed by atoms with Gasteiger partial charge in [0.1, 0.15) is 17.0 Å². The topological polar surface area (TPSA) is 124 Å². The predicted octanol–water partition coefficient (Wildman–Crippen LogP) is 4.30. The van der Waals surface area contributed by atoms with E-state index in [-0.39, 0.29) is 41.1 Å². The summed E-state index contributed by atoms with van der Waals surface area (Å²) in [6.07, 6.45) is -3.84. The van der Waals surface area contributed by atoms with Crippen molar-refractivity contribution in [2.75, 3.05) is 27.2 Å². The first-order valence-corrected chi connectivity index (χ1v) is 12.9. The standard InChI is InChI=1S/C29H28F3N5O4/c1-34-27(39)28(17-6-4-3-5-7-17)12-14-37(15-13-28)26(38)24-21(16-33)41-25(36-24)19-8-10-20(40-2)23-18(19)9-11-22(35-23)29(30,31)32/h3-11H,12-16,33H2,1-2H3,(H,34,39). The van der Waals surface area contributed by atoms with Crippen LogP contribution in [0.1, 0.15) is 40.3 Å². The smallest absolute Gasteiger partial charge is 0.433 e. The molecule has 1 aliphatic rings. The van der Waals surface area contributed by atoms with Gasteiger partial charge in [-0.2, -0.15) is 13.2 Å². The van der Waals surface area contributed by atoms with Crippen molar-refractivity contribution in [3.63, 3.8) is 0 Å². The summed E-state index contributed by atoms with van der Waals surface area (Å²) in [5, 5.41) is 3.06. The Morgan fingerprint density at radius 1 is 1.07 bits per heavy atom. The van der Waals surface area contributed by atoms with Gasteiger partial charge >= 0.3 is 6.18 Å². The van der Waals surface area contributed by atoms with Crippen molar-refractivity contribution in [3.05, 3.63) is 77.3 Å². The third kappa shape index (κ3) is 4.99. The predicted molar refractivity (Wildman–Crippen MR) is 144 cm³/mol. The Morgan fingerprint density at radius 2 is 1.78 bits per heavy atom. The maximum absolute atomic E-state index is 13.6. The van der Waals surface area contributed by atoms with Gasteiger partial charge < -0.3 is 25.1 Å². The summed E-state index contributed by atoms with van der Waals surface area (Å²) in [6, 6.07) is 14.6. The van der Waals surface area contributed by atoms with E-state index in [1.807, 2.05) is 30.3 Å². The van der Waals surface area contributed by atoms with Crippen LogP contribution in [0.2, 0.25) is 0 Å². The molecule has 0 radical (unpaired) electrons. The van der Waals surface area contributed by atoms with E-state index in [0.29, 0.717) is 36.9 Å². The highest BCUT2D eigenvalue weighted by Crippen LogP contribution is 2.39. The van der Waals surface area contributed by atoms with Crippen molar-refractivity contribution in [1.82, 2.24) is 20.2 Å². The number of fused-ring (bicyclic) bond motifs is 1. The molecule has 1 fully saturated rings. The number of oxazole rings is 1. The Labute approximate surface area is 233 Å². The second-order valence-electron chi connectivity index (χ2n) is 9.72. The lowest BCUT2D eigenvalue weighted by Crippen LogP contribution is -2.52. The zero-order valence-electron chi connectivity index (χ0n) is 22.4. The summed E-state index contributed by atoms with van der Waals surface area (Å²) in [7, 11) is 2.93. The van der Waals surface area contributed by atoms with Crippen LogP contribution < -0.4 is 15.8 Å². The van der Waals surface area contributed by atoms with E-state index in [9.17, 15) is 22.8 Å². The number of methoxy groups -OCH3 is 1. The number of hydrogen-bond acceptors (Lipinski definition) is 7. The van der Waals surface area contributed by atoms with Crippen LogP contribution in [0.4, 0.5) is 13.2 Å². The van der Waals surface area contributed by atoms with Crippen molar-refractivity contribution in [3.8, 4) is 17.2 Å². The van der Waals surface area contributed by atoms with Gasteiger partial charge in [0.05, 0.1) is 19.1 Å². The maximum Gasteiger partial charge on any atom is 0.433 e. The van der Waals surface area contributed by atoms with Gasteiger partial charge in [-0.1, -0.05) is 30.3 Å². The van der Waals surface area contributed by atoms with Crippen LogP contribution in [0.5, 0.6) is 5.75 Å². The highest BCUT2D eigenvalue weighted by atomic mass is 19.4. The van der Waals surface area contributed by atoms with Crippen LogP contribution in [0.15, 0.2) is 59.0 Å². The van der Waals surface area contributed by atoms with E-state index in [1.54, 1.807) is 18.0 Å². The summed E-state index contributed by atoms with van der Waals surface area (Å²) in [5.41, 5.74) is 5.25. The number of aromatic nitrogens is 2. The SMILES string of the molecule is CNC(=O)C1(c2ccccc2)CCN(C(=O)c2nc(-c3ccc(OC)c4nc(C(F)(F)F)ccc34)oc2CN)CC1. The van der Waals surface area contributed by atoms with E-state index < -0.39 is 23.2 Å². The van der Waals surface area contributed by atoms with Crippen molar-refractivity contribution >= 4 is 22.7 Å². The van der Waals surface area contributed by atoms with Crippen molar-refractivity contribution in [1.29, 1.82) is 0 Å². The number of piperidine rings is 1. The third-order valence-corrected chi connectivity index (χ3v) is 7.54. The number of alkyl halides is 3. The average molecular weight is 568 g/mol. The van der Waals surface area contributed by atoms with Crippen molar-refractivity contribution < 1.29 is 31.9 Å². The molecule has 3 heterocycles. The molecule has 0 bridgehead atoms. The summed E-state index contributed by atoms with van der Waals surface area (Å²) in [4.78, 5) is 36.4. The lowest BCUT2D eigenvalue weighted by atomic mass is 9.72. The highest BCUT2D eigenvalue weighted by molar-refractivity contribution is 5.98. The molecular formula is C29H28F3N5O4. The Hall–Kier alpha value is -4.45. The van der Waals surface area contributed by atoms with Crippen LogP contribution in [-0.4, -0.2) is 53.9 Å². The van der Waals surface area contributed by atoms with Gasteiger partial charge in [-0.25, -0.2) is 9.97 Å². The fourth-order valence-electron chi connectivity index (χ4n) is 5.36. The quantitative estimate of drug-likeness (QED) is 0.356. The second-order valence-corrected chi connectivity index (χ2v) is 9.72. The van der Waals surface area contributed by atoms with Crippen LogP contribution >= 0.6 is 0 Å². The first-order chi connectivity index (χ1) is 19.6. The first-order valence-electron chi connectivity index (χ1n) is 12.9. The van der Waals surface area contributed by atoms with Crippen LogP contribution in [0.25, 0.3) is 22.4 Å². The lowest BCUT2D eigenvalue weighted by Gasteiger charge is -2.40. The molecule has 0 atom stereocenters. The highest BCUT2D eigenvalue weighted by Gasteiger charge is 2.44. The van der Waals surface area contributed by atoms with Gasteiger partial charge in [-0.3, -0.25) is 9.59 Å². The summed E-state index contributed by atoms with van der Waals surface area (Å²) in [6.45, 7) is 0.463. The summed E-state index contributed by atoms with van der Waals surface area (Å²) >= 11 is 0. The fourth-order valence-corrected chi connectivity index (χ4v) is 5.36. The van der Waals surface area contributed by atoms with Crippen LogP contribution in [0, 0.1) is 0 Å². The number of nitrogens with zero attached hydrogens (tertiary/aromatic N) is 3. The Bertz CT molecular complexity index is 1600. The van der Waals surface area contributed by atoms with Gasteiger partial charge in [-0.15, -0.1) is 0 Å². The van der Waals surface area contributed by atoms with Crippen molar-refractivity contribution in [2.24, 2.45) is 5.73 Å². The molecule has 5 rings (SSSR count). The molecule has 12 heteroatoms. The number of halogens is 3. The minimum atomic E-state index is -4.64. The molecule has 2 amide bonds. The van der Waals surface area contributed by atoms with Gasteiger partial charge in [-0.05, 0) is 42.7 Å². The number of amides is 2. The number of pyridine rings is 1. The number of rotatable bonds is 6. The zero-order chi connectivity index (χ0) is 29.4. The van der Waals surface area contributed by atoms with E-state index in [2.05, 4.69) is 15.3 Å². The number of carbonyl (C=O) groups excluding carboxylic acids is 2. The Morgan fingerprint density at radius 3 is 2.39 bits per heavy atom. The number of benzene rings is 2. The Balaban J connectivity index is 1.47. The maximum atomic E-state index is 13.6. The molecule has 0 aliphatic carbocycles. The summed E-state index contributed by atoms with van der Waals surface area (Å²) < 4.78 is 51.1. The molecule has 2 aromatic heterocycles. The van der Waals surface area contributed by atoms with Crippen molar-refractivity contribution in [2.45, 2.75) is 31.0 Å². The molecule has 41 heavy (non-hydrogen) atoms. The minimum absolute atomic E-state index is 0.0125. The lowest BCUT2D eigenvalue weighted by molar-refractivity contribution is -0.141. The molecule has 0 saturated carbocycles. The molecule has 9 nitrogen and oxygen atoms in total. The fraction of sp³-hybridized carbons (Fsp3) is 0.310. The van der Waals surface area contributed by atoms with Gasteiger partial charge in [0.25, 0.3) is 5.91 Å². The molecule has 2 aromatic carbocycles. The minimum Gasteiger partial charge on any atom is -0.494 e. The molecule has 4 aromatic rings. The second kappa shape index (κ2) is 10.8. The van der Waals surface area contributed by atoms with Gasteiger partial charge in [0.15, 0.2) is 11.5 Å². The van der Waals surface area contributed by atoms with Gasteiger partial charge in [0.2, 0.25) is 11.8 Å². The molecule has 0 spiro atoms. The number of ether oxygens (including phenoxy) is 1.